The van der Waals surface area contributed by atoms with E-state index in [1.54, 1.807) is 44.2 Å². The molecule has 1 heterocycles. The van der Waals surface area contributed by atoms with E-state index in [-0.39, 0.29) is 11.5 Å². The number of fused-ring (bicyclic) bond motifs is 1. The van der Waals surface area contributed by atoms with Crippen molar-refractivity contribution < 1.29 is 27.5 Å². The van der Waals surface area contributed by atoms with Gasteiger partial charge in [0, 0.05) is 23.8 Å². The summed E-state index contributed by atoms with van der Waals surface area (Å²) in [7, 11) is -3.65. The van der Waals surface area contributed by atoms with Crippen LogP contribution in [0.25, 0.3) is 0 Å². The lowest BCUT2D eigenvalue weighted by Gasteiger charge is -2.24. The van der Waals surface area contributed by atoms with Crippen LogP contribution in [-0.4, -0.2) is 50.9 Å². The maximum atomic E-state index is 12.7. The molecule has 1 amide bonds. The van der Waals surface area contributed by atoms with E-state index in [2.05, 4.69) is 5.32 Å². The topological polar surface area (TPSA) is 102 Å². The number of nitrogens with one attached hydrogen (secondary N) is 1. The summed E-state index contributed by atoms with van der Waals surface area (Å²) < 4.78 is 37.4. The average Bonchev–Trinajstić information content (AvgIpc) is 2.77. The minimum atomic E-state index is -3.65. The summed E-state index contributed by atoms with van der Waals surface area (Å²) in [4.78, 5) is 24.7. The van der Waals surface area contributed by atoms with Gasteiger partial charge in [-0.15, -0.1) is 0 Å². The molecular formula is C22H25ClN2O6S. The highest BCUT2D eigenvalue weighted by atomic mass is 35.5. The van der Waals surface area contributed by atoms with Gasteiger partial charge >= 0.3 is 5.97 Å². The van der Waals surface area contributed by atoms with Crippen molar-refractivity contribution in [3.05, 3.63) is 53.1 Å². The second-order valence-corrected chi connectivity index (χ2v) is 9.61. The van der Waals surface area contributed by atoms with Crippen molar-refractivity contribution in [2.24, 2.45) is 5.92 Å². The molecule has 1 atom stereocenters. The van der Waals surface area contributed by atoms with Crippen molar-refractivity contribution in [3.63, 3.8) is 0 Å². The van der Waals surface area contributed by atoms with Gasteiger partial charge in [-0.3, -0.25) is 9.59 Å². The Bertz CT molecular complexity index is 1100. The summed E-state index contributed by atoms with van der Waals surface area (Å²) in [6.07, 6.45) is 0.404. The highest BCUT2D eigenvalue weighted by Crippen LogP contribution is 2.30. The van der Waals surface area contributed by atoms with Crippen molar-refractivity contribution in [2.75, 3.05) is 31.6 Å². The third-order valence-corrected chi connectivity index (χ3v) is 7.35. The van der Waals surface area contributed by atoms with E-state index in [1.807, 2.05) is 0 Å². The fourth-order valence-corrected chi connectivity index (χ4v) is 5.11. The normalized spacial score (nSPS) is 15.6. The van der Waals surface area contributed by atoms with Crippen LogP contribution in [0, 0.1) is 5.92 Å². The number of ether oxygens (including phenoxy) is 2. The van der Waals surface area contributed by atoms with Gasteiger partial charge in [-0.2, -0.15) is 4.31 Å². The molecule has 1 N–H and O–H groups in total. The zero-order valence-electron chi connectivity index (χ0n) is 17.8. The average molecular weight is 481 g/mol. The molecule has 8 nitrogen and oxygen atoms in total. The lowest BCUT2D eigenvalue weighted by Crippen LogP contribution is -2.32. The first kappa shape index (κ1) is 24.0. The molecule has 32 heavy (non-hydrogen) atoms. The van der Waals surface area contributed by atoms with E-state index in [0.29, 0.717) is 36.0 Å². The van der Waals surface area contributed by atoms with Crippen LogP contribution in [0.3, 0.4) is 0 Å². The molecule has 0 spiro atoms. The van der Waals surface area contributed by atoms with Gasteiger partial charge in [0.2, 0.25) is 10.0 Å². The minimum Gasteiger partial charge on any atom is -0.492 e. The summed E-state index contributed by atoms with van der Waals surface area (Å²) >= 11 is 5.99. The molecule has 1 aliphatic rings. The molecule has 172 valence electrons. The number of benzene rings is 2. The molecular weight excluding hydrogens is 456 g/mol. The quantitative estimate of drug-likeness (QED) is 0.582. The molecule has 10 heteroatoms. The number of hydrogen-bond acceptors (Lipinski definition) is 6. The molecule has 2 aromatic rings. The van der Waals surface area contributed by atoms with E-state index >= 15 is 0 Å². The van der Waals surface area contributed by atoms with E-state index in [4.69, 9.17) is 21.1 Å². The molecule has 0 aliphatic carbocycles. The Morgan fingerprint density at radius 3 is 2.66 bits per heavy atom. The zero-order chi connectivity index (χ0) is 23.3. The number of amides is 1. The summed E-state index contributed by atoms with van der Waals surface area (Å²) in [6.45, 7) is 3.85. The molecule has 0 fully saturated rings. The smallest absolute Gasteiger partial charge is 0.313 e. The molecule has 3 rings (SSSR count). The molecule has 1 unspecified atom stereocenters. The van der Waals surface area contributed by atoms with Gasteiger partial charge in [0.15, 0.2) is 6.61 Å². The predicted octanol–water partition coefficient (Wildman–Crippen LogP) is 3.10. The van der Waals surface area contributed by atoms with Crippen LogP contribution in [0.4, 0.5) is 5.69 Å². The van der Waals surface area contributed by atoms with E-state index in [0.717, 1.165) is 5.56 Å². The van der Waals surface area contributed by atoms with Crippen LogP contribution < -0.4 is 10.1 Å². The van der Waals surface area contributed by atoms with Crippen LogP contribution >= 0.6 is 11.6 Å². The third kappa shape index (κ3) is 5.59. The maximum absolute atomic E-state index is 12.7. The zero-order valence-corrected chi connectivity index (χ0v) is 19.4. The molecule has 0 saturated heterocycles. The van der Waals surface area contributed by atoms with E-state index in [9.17, 15) is 18.0 Å². The van der Waals surface area contributed by atoms with Gasteiger partial charge in [-0.05, 0) is 48.4 Å². The summed E-state index contributed by atoms with van der Waals surface area (Å²) in [5.74, 6) is -0.994. The first-order chi connectivity index (χ1) is 15.2. The number of rotatable bonds is 8. The van der Waals surface area contributed by atoms with Crippen molar-refractivity contribution >= 4 is 39.2 Å². The number of anilines is 1. The molecule has 0 saturated carbocycles. The molecule has 1 aliphatic heterocycles. The predicted molar refractivity (Wildman–Crippen MR) is 120 cm³/mol. The minimum absolute atomic E-state index is 0.0766. The van der Waals surface area contributed by atoms with E-state index < -0.39 is 34.4 Å². The van der Waals surface area contributed by atoms with Crippen LogP contribution in [-0.2, 0) is 30.8 Å². The van der Waals surface area contributed by atoms with Crippen molar-refractivity contribution in [2.45, 2.75) is 25.2 Å². The van der Waals surface area contributed by atoms with Gasteiger partial charge in [0.1, 0.15) is 12.4 Å². The monoisotopic (exact) mass is 480 g/mol. The van der Waals surface area contributed by atoms with Crippen LogP contribution in [0.1, 0.15) is 19.4 Å². The van der Waals surface area contributed by atoms with Crippen molar-refractivity contribution in [1.82, 2.24) is 4.31 Å². The Balaban J connectivity index is 1.57. The van der Waals surface area contributed by atoms with Gasteiger partial charge in [0.05, 0.1) is 10.8 Å². The van der Waals surface area contributed by atoms with Crippen molar-refractivity contribution in [1.29, 1.82) is 0 Å². The number of halogens is 1. The Morgan fingerprint density at radius 2 is 1.94 bits per heavy atom. The number of nitrogens with zero attached hydrogens (tertiary/aromatic N) is 1. The number of sulfonamides is 1. The van der Waals surface area contributed by atoms with Crippen LogP contribution in [0.5, 0.6) is 5.75 Å². The van der Waals surface area contributed by atoms with Gasteiger partial charge in [-0.25, -0.2) is 8.42 Å². The van der Waals surface area contributed by atoms with Crippen molar-refractivity contribution in [3.8, 4) is 5.75 Å². The first-order valence-corrected chi connectivity index (χ1v) is 12.0. The number of carbonyl (C=O) groups is 2. The van der Waals surface area contributed by atoms with Crippen LogP contribution in [0.15, 0.2) is 47.4 Å². The Kier molecular flexibility index (Phi) is 7.76. The Morgan fingerprint density at radius 1 is 1.19 bits per heavy atom. The number of hydrogen-bond donors (Lipinski definition) is 1. The largest absolute Gasteiger partial charge is 0.492 e. The maximum Gasteiger partial charge on any atom is 0.313 e. The Hall–Kier alpha value is -2.62. The van der Waals surface area contributed by atoms with Gasteiger partial charge in [0.25, 0.3) is 5.91 Å². The lowest BCUT2D eigenvalue weighted by atomic mass is 9.97. The summed E-state index contributed by atoms with van der Waals surface area (Å²) in [5.41, 5.74) is 1.10. The second kappa shape index (κ2) is 10.3. The highest BCUT2D eigenvalue weighted by Gasteiger charge is 2.28. The lowest BCUT2D eigenvalue weighted by molar-refractivity contribution is -0.152. The molecule has 0 radical (unpaired) electrons. The number of carbonyl (C=O) groups excluding carboxylic acids is 2. The summed E-state index contributed by atoms with van der Waals surface area (Å²) in [5, 5.41) is 3.11. The molecule has 0 aromatic heterocycles. The second-order valence-electron chi connectivity index (χ2n) is 7.24. The van der Waals surface area contributed by atoms with Gasteiger partial charge in [-0.1, -0.05) is 31.5 Å². The fourth-order valence-electron chi connectivity index (χ4n) is 3.41. The fraction of sp³-hybridized carbons (Fsp3) is 0.364. The SMILES string of the molecule is CCN(CC)S(=O)(=O)c1cccc(NC(=O)COC(=O)C2COc3ccc(Cl)cc3C2)c1. The van der Waals surface area contributed by atoms with E-state index in [1.165, 1.54) is 16.4 Å². The van der Waals surface area contributed by atoms with Crippen LogP contribution in [0.2, 0.25) is 5.02 Å². The Labute approximate surface area is 192 Å². The standard InChI is InChI=1S/C22H25ClN2O6S/c1-3-25(4-2)32(28,29)19-7-5-6-18(12-19)24-21(26)14-31-22(27)16-10-15-11-17(23)8-9-20(15)30-13-16/h5-9,11-12,16H,3-4,10,13-14H2,1-2H3,(H,24,26). The van der Waals surface area contributed by atoms with Gasteiger partial charge < -0.3 is 14.8 Å². The molecule has 2 aromatic carbocycles. The highest BCUT2D eigenvalue weighted by molar-refractivity contribution is 7.89. The third-order valence-electron chi connectivity index (χ3n) is 5.07. The molecule has 0 bridgehead atoms. The number of esters is 1. The summed E-state index contributed by atoms with van der Waals surface area (Å²) in [6, 6.07) is 11.2. The first-order valence-electron chi connectivity index (χ1n) is 10.2.